The second-order valence-electron chi connectivity index (χ2n) is 6.16. The van der Waals surface area contributed by atoms with Crippen LogP contribution in [0.4, 0.5) is 0 Å². The van der Waals surface area contributed by atoms with E-state index in [1.54, 1.807) is 0 Å². The monoisotopic (exact) mass is 301 g/mol. The smallest absolute Gasteiger partial charge is 0.250 e. The molecule has 1 aromatic rings. The van der Waals surface area contributed by atoms with Gasteiger partial charge in [-0.25, -0.2) is 0 Å². The fourth-order valence-corrected chi connectivity index (χ4v) is 3.53. The molecule has 2 aliphatic rings. The van der Waals surface area contributed by atoms with Gasteiger partial charge >= 0.3 is 0 Å². The zero-order valence-corrected chi connectivity index (χ0v) is 12.8. The summed E-state index contributed by atoms with van der Waals surface area (Å²) in [5.41, 5.74) is 1.54. The minimum absolute atomic E-state index is 0.0113. The Bertz CT molecular complexity index is 555. The highest BCUT2D eigenvalue weighted by molar-refractivity contribution is 5.94. The van der Waals surface area contributed by atoms with E-state index in [9.17, 15) is 9.90 Å². The van der Waals surface area contributed by atoms with Crippen LogP contribution in [0.5, 0.6) is 0 Å². The van der Waals surface area contributed by atoms with Crippen LogP contribution >= 0.6 is 0 Å². The van der Waals surface area contributed by atoms with Crippen molar-refractivity contribution in [3.63, 3.8) is 0 Å². The first-order valence-corrected chi connectivity index (χ1v) is 7.99. The number of aliphatic hydroxyl groups excluding tert-OH is 1. The molecule has 0 radical (unpaired) electrons. The Kier molecular flexibility index (Phi) is 4.60. The molecule has 1 fully saturated rings. The summed E-state index contributed by atoms with van der Waals surface area (Å²) < 4.78 is 5.29. The molecule has 1 amide bonds. The number of nitrogens with zero attached hydrogens (tertiary/aromatic N) is 1. The fraction of sp³-hybridized carbons (Fsp3) is 0.500. The van der Waals surface area contributed by atoms with E-state index in [1.165, 1.54) is 0 Å². The van der Waals surface area contributed by atoms with E-state index in [4.69, 9.17) is 4.74 Å². The van der Waals surface area contributed by atoms with E-state index in [1.807, 2.05) is 29.2 Å². The third-order valence-electron chi connectivity index (χ3n) is 4.75. The van der Waals surface area contributed by atoms with Gasteiger partial charge in [0.2, 0.25) is 5.91 Å². The van der Waals surface area contributed by atoms with Crippen LogP contribution in [-0.2, 0) is 16.0 Å². The summed E-state index contributed by atoms with van der Waals surface area (Å²) in [5, 5.41) is 10.1. The Morgan fingerprint density at radius 2 is 2.14 bits per heavy atom. The second kappa shape index (κ2) is 6.63. The van der Waals surface area contributed by atoms with Gasteiger partial charge in [0.1, 0.15) is 0 Å². The molecule has 22 heavy (non-hydrogen) atoms. The van der Waals surface area contributed by atoms with E-state index >= 15 is 0 Å². The SMILES string of the molecule is O=C(C1=CCOCC1)N1CCCC1(CO)Cc1ccccc1. The molecule has 0 aliphatic carbocycles. The highest BCUT2D eigenvalue weighted by Crippen LogP contribution is 2.34. The molecule has 1 atom stereocenters. The third-order valence-corrected chi connectivity index (χ3v) is 4.75. The molecule has 4 heteroatoms. The van der Waals surface area contributed by atoms with Crippen molar-refractivity contribution in [1.29, 1.82) is 0 Å². The standard InChI is InChI=1S/C18H23NO3/c20-14-18(13-15-5-2-1-3-6-15)9-4-10-19(18)17(21)16-7-11-22-12-8-16/h1-3,5-7,20H,4,8-14H2. The molecule has 0 spiro atoms. The van der Waals surface area contributed by atoms with Gasteiger partial charge in [-0.15, -0.1) is 0 Å². The Morgan fingerprint density at radius 1 is 1.32 bits per heavy atom. The number of hydrogen-bond donors (Lipinski definition) is 1. The van der Waals surface area contributed by atoms with E-state index in [-0.39, 0.29) is 12.5 Å². The molecule has 4 nitrogen and oxygen atoms in total. The van der Waals surface area contributed by atoms with Gasteiger partial charge in [-0.3, -0.25) is 4.79 Å². The first kappa shape index (κ1) is 15.3. The number of carbonyl (C=O) groups excluding carboxylic acids is 1. The van der Waals surface area contributed by atoms with Gasteiger partial charge in [0.05, 0.1) is 25.4 Å². The van der Waals surface area contributed by atoms with Gasteiger partial charge in [0.15, 0.2) is 0 Å². The number of amides is 1. The molecule has 1 N–H and O–H groups in total. The van der Waals surface area contributed by atoms with Gasteiger partial charge in [0.25, 0.3) is 0 Å². The lowest BCUT2D eigenvalue weighted by atomic mass is 9.88. The van der Waals surface area contributed by atoms with E-state index < -0.39 is 5.54 Å². The van der Waals surface area contributed by atoms with Gasteiger partial charge in [-0.2, -0.15) is 0 Å². The summed E-state index contributed by atoms with van der Waals surface area (Å²) >= 11 is 0. The number of ether oxygens (including phenoxy) is 1. The molecule has 0 bridgehead atoms. The van der Waals surface area contributed by atoms with Gasteiger partial charge < -0.3 is 14.7 Å². The fourth-order valence-electron chi connectivity index (χ4n) is 3.53. The third kappa shape index (κ3) is 2.94. The number of aliphatic hydroxyl groups is 1. The minimum Gasteiger partial charge on any atom is -0.394 e. The number of benzene rings is 1. The lowest BCUT2D eigenvalue weighted by Crippen LogP contribution is -2.52. The maximum Gasteiger partial charge on any atom is 0.250 e. The van der Waals surface area contributed by atoms with Crippen LogP contribution in [-0.4, -0.2) is 47.8 Å². The molecule has 2 aliphatic heterocycles. The van der Waals surface area contributed by atoms with Crippen molar-refractivity contribution in [1.82, 2.24) is 4.90 Å². The molecular weight excluding hydrogens is 278 g/mol. The average molecular weight is 301 g/mol. The Balaban J connectivity index is 1.82. The highest BCUT2D eigenvalue weighted by Gasteiger charge is 2.43. The van der Waals surface area contributed by atoms with Crippen LogP contribution in [0.3, 0.4) is 0 Å². The van der Waals surface area contributed by atoms with Crippen LogP contribution in [0, 0.1) is 0 Å². The molecule has 118 valence electrons. The number of rotatable bonds is 4. The van der Waals surface area contributed by atoms with Crippen molar-refractivity contribution in [2.45, 2.75) is 31.2 Å². The van der Waals surface area contributed by atoms with E-state index in [2.05, 4.69) is 12.1 Å². The van der Waals surface area contributed by atoms with Crippen molar-refractivity contribution < 1.29 is 14.6 Å². The zero-order chi connectivity index (χ0) is 15.4. The van der Waals surface area contributed by atoms with Crippen LogP contribution in [0.1, 0.15) is 24.8 Å². The predicted octanol–water partition coefficient (Wildman–Crippen LogP) is 1.93. The van der Waals surface area contributed by atoms with Gasteiger partial charge in [-0.05, 0) is 24.8 Å². The maximum absolute atomic E-state index is 12.9. The zero-order valence-electron chi connectivity index (χ0n) is 12.8. The van der Waals surface area contributed by atoms with Crippen LogP contribution in [0.25, 0.3) is 0 Å². The first-order chi connectivity index (χ1) is 10.7. The molecule has 2 heterocycles. The quantitative estimate of drug-likeness (QED) is 0.924. The van der Waals surface area contributed by atoms with Gasteiger partial charge in [0, 0.05) is 18.5 Å². The summed E-state index contributed by atoms with van der Waals surface area (Å²) in [6.07, 6.45) is 5.06. The lowest BCUT2D eigenvalue weighted by molar-refractivity contribution is -0.133. The van der Waals surface area contributed by atoms with Crippen LogP contribution in [0.2, 0.25) is 0 Å². The Morgan fingerprint density at radius 3 is 2.82 bits per heavy atom. The highest BCUT2D eigenvalue weighted by atomic mass is 16.5. The lowest BCUT2D eigenvalue weighted by Gasteiger charge is -2.38. The predicted molar refractivity (Wildman–Crippen MR) is 84.4 cm³/mol. The average Bonchev–Trinajstić information content (AvgIpc) is 3.00. The molecule has 1 aromatic carbocycles. The summed E-state index contributed by atoms with van der Waals surface area (Å²) in [5.74, 6) is 0.0748. The Labute approximate surface area is 131 Å². The van der Waals surface area contributed by atoms with E-state index in [0.29, 0.717) is 26.1 Å². The van der Waals surface area contributed by atoms with Crippen molar-refractivity contribution in [3.05, 3.63) is 47.5 Å². The van der Waals surface area contributed by atoms with Crippen LogP contribution in [0.15, 0.2) is 42.0 Å². The number of carbonyl (C=O) groups is 1. The number of hydrogen-bond acceptors (Lipinski definition) is 3. The normalized spacial score (nSPS) is 25.1. The van der Waals surface area contributed by atoms with E-state index in [0.717, 1.165) is 30.5 Å². The summed E-state index contributed by atoms with van der Waals surface area (Å²) in [4.78, 5) is 14.8. The summed E-state index contributed by atoms with van der Waals surface area (Å²) in [7, 11) is 0. The van der Waals surface area contributed by atoms with Crippen molar-refractivity contribution in [2.75, 3.05) is 26.4 Å². The maximum atomic E-state index is 12.9. The molecule has 3 rings (SSSR count). The molecule has 0 aromatic heterocycles. The topological polar surface area (TPSA) is 49.8 Å². The van der Waals surface area contributed by atoms with Crippen molar-refractivity contribution in [3.8, 4) is 0 Å². The molecular formula is C18H23NO3. The first-order valence-electron chi connectivity index (χ1n) is 7.99. The minimum atomic E-state index is -0.461. The van der Waals surface area contributed by atoms with Crippen molar-refractivity contribution >= 4 is 5.91 Å². The summed E-state index contributed by atoms with van der Waals surface area (Å²) in [6.45, 7) is 1.86. The Hall–Kier alpha value is -1.65. The van der Waals surface area contributed by atoms with Crippen LogP contribution < -0.4 is 0 Å². The molecule has 0 saturated carbocycles. The number of likely N-dealkylation sites (tertiary alicyclic amines) is 1. The largest absolute Gasteiger partial charge is 0.394 e. The van der Waals surface area contributed by atoms with Gasteiger partial charge in [-0.1, -0.05) is 36.4 Å². The molecule has 1 saturated heterocycles. The van der Waals surface area contributed by atoms with Crippen molar-refractivity contribution in [2.24, 2.45) is 0 Å². The summed E-state index contributed by atoms with van der Waals surface area (Å²) in [6, 6.07) is 10.1. The molecule has 1 unspecified atom stereocenters. The second-order valence-corrected chi connectivity index (χ2v) is 6.16.